The van der Waals surface area contributed by atoms with Crippen molar-refractivity contribution in [3.05, 3.63) is 11.1 Å². The Morgan fingerprint density at radius 3 is 2.55 bits per heavy atom. The Labute approximate surface area is 179 Å². The molecule has 4 aliphatic rings. The third-order valence-electron chi connectivity index (χ3n) is 10.4. The Balaban J connectivity index is 1.50. The second-order valence-electron chi connectivity index (χ2n) is 12.0. The van der Waals surface area contributed by atoms with Gasteiger partial charge in [0.15, 0.2) is 0 Å². The fourth-order valence-electron chi connectivity index (χ4n) is 8.50. The molecular weight excluding hydrogens is 356 g/mol. The monoisotopic (exact) mass is 402 g/mol. The predicted molar refractivity (Wildman–Crippen MR) is 121 cm³/mol. The van der Waals surface area contributed by atoms with E-state index in [0.717, 1.165) is 36.5 Å². The number of fused-ring (bicyclic) bond motifs is 4. The summed E-state index contributed by atoms with van der Waals surface area (Å²) in [6.45, 7) is 10.2. The summed E-state index contributed by atoms with van der Waals surface area (Å²) in [5.74, 6) is 3.66. The topological polar surface area (TPSA) is 40.5 Å². The molecule has 2 heteroatoms. The zero-order valence-corrected chi connectivity index (χ0v) is 19.6. The first-order valence-corrected chi connectivity index (χ1v) is 12.8. The molecule has 4 rings (SSSR count). The van der Waals surface area contributed by atoms with Gasteiger partial charge in [0.25, 0.3) is 0 Å². The van der Waals surface area contributed by atoms with Crippen molar-refractivity contribution >= 4 is 0 Å². The van der Waals surface area contributed by atoms with Crippen molar-refractivity contribution in [2.45, 2.75) is 111 Å². The van der Waals surface area contributed by atoms with E-state index >= 15 is 0 Å². The molecule has 0 aromatic carbocycles. The molecule has 0 aromatic rings. The molecule has 2 nitrogen and oxygen atoms in total. The zero-order chi connectivity index (χ0) is 20.8. The van der Waals surface area contributed by atoms with Gasteiger partial charge in [-0.05, 0) is 105 Å². The molecule has 0 aliphatic heterocycles. The van der Waals surface area contributed by atoms with E-state index in [1.165, 1.54) is 64.2 Å². The molecule has 3 saturated carbocycles. The molecule has 0 spiro atoms. The Kier molecular flexibility index (Phi) is 6.26. The van der Waals surface area contributed by atoms with Crippen LogP contribution in [0.25, 0.3) is 0 Å². The minimum absolute atomic E-state index is 0.0404. The highest BCUT2D eigenvalue weighted by molar-refractivity contribution is 5.34. The summed E-state index contributed by atoms with van der Waals surface area (Å²) < 4.78 is 0. The molecule has 166 valence electrons. The van der Waals surface area contributed by atoms with Crippen LogP contribution in [0.4, 0.5) is 0 Å². The largest absolute Gasteiger partial charge is 0.396 e. The minimum atomic E-state index is -0.0404. The lowest BCUT2D eigenvalue weighted by Gasteiger charge is -2.56. The van der Waals surface area contributed by atoms with Gasteiger partial charge in [0.2, 0.25) is 0 Å². The van der Waals surface area contributed by atoms with Crippen molar-refractivity contribution in [2.75, 3.05) is 6.61 Å². The number of rotatable bonds is 6. The van der Waals surface area contributed by atoms with Gasteiger partial charge in [0.05, 0.1) is 6.10 Å². The molecule has 3 fully saturated rings. The number of hydrogen-bond donors (Lipinski definition) is 2. The predicted octanol–water partition coefficient (Wildman–Crippen LogP) is 6.51. The maximum absolute atomic E-state index is 10.2. The van der Waals surface area contributed by atoms with E-state index in [1.807, 2.05) is 11.1 Å². The molecular formula is C27H46O2. The summed E-state index contributed by atoms with van der Waals surface area (Å²) in [6.07, 6.45) is 15.2. The first-order valence-electron chi connectivity index (χ1n) is 12.8. The first-order chi connectivity index (χ1) is 13.8. The molecule has 0 radical (unpaired) electrons. The normalized spacial score (nSPS) is 44.1. The third-order valence-corrected chi connectivity index (χ3v) is 10.4. The second-order valence-corrected chi connectivity index (χ2v) is 12.0. The van der Waals surface area contributed by atoms with E-state index in [-0.39, 0.29) is 6.10 Å². The van der Waals surface area contributed by atoms with E-state index in [0.29, 0.717) is 23.4 Å². The molecule has 0 amide bonds. The van der Waals surface area contributed by atoms with Crippen LogP contribution in [-0.4, -0.2) is 22.9 Å². The van der Waals surface area contributed by atoms with Crippen molar-refractivity contribution in [1.29, 1.82) is 0 Å². The van der Waals surface area contributed by atoms with Gasteiger partial charge >= 0.3 is 0 Å². The van der Waals surface area contributed by atoms with Gasteiger partial charge in [-0.25, -0.2) is 0 Å². The fourth-order valence-corrected chi connectivity index (χ4v) is 8.50. The van der Waals surface area contributed by atoms with Crippen molar-refractivity contribution in [1.82, 2.24) is 0 Å². The smallest absolute Gasteiger partial charge is 0.0543 e. The Bertz CT molecular complexity index is 624. The van der Waals surface area contributed by atoms with E-state index < -0.39 is 0 Å². The molecule has 0 unspecified atom stereocenters. The van der Waals surface area contributed by atoms with Crippen molar-refractivity contribution in [3.8, 4) is 0 Å². The van der Waals surface area contributed by atoms with Crippen molar-refractivity contribution in [2.24, 2.45) is 40.4 Å². The van der Waals surface area contributed by atoms with Crippen LogP contribution >= 0.6 is 0 Å². The summed E-state index contributed by atoms with van der Waals surface area (Å²) >= 11 is 0. The molecule has 8 atom stereocenters. The van der Waals surface area contributed by atoms with Crippen LogP contribution < -0.4 is 0 Å². The van der Waals surface area contributed by atoms with Crippen LogP contribution in [0.2, 0.25) is 0 Å². The lowest BCUT2D eigenvalue weighted by molar-refractivity contribution is -0.0381. The van der Waals surface area contributed by atoms with Crippen LogP contribution in [0.1, 0.15) is 105 Å². The zero-order valence-electron chi connectivity index (χ0n) is 19.6. The van der Waals surface area contributed by atoms with Crippen LogP contribution in [0.15, 0.2) is 11.1 Å². The molecule has 2 N–H and O–H groups in total. The first kappa shape index (κ1) is 21.9. The number of aliphatic hydroxyl groups excluding tert-OH is 2. The van der Waals surface area contributed by atoms with Gasteiger partial charge in [0.1, 0.15) is 0 Å². The van der Waals surface area contributed by atoms with Crippen molar-refractivity contribution in [3.63, 3.8) is 0 Å². The molecule has 0 heterocycles. The van der Waals surface area contributed by atoms with Gasteiger partial charge < -0.3 is 10.2 Å². The molecule has 0 saturated heterocycles. The Hall–Kier alpha value is -0.340. The fraction of sp³-hybridized carbons (Fsp3) is 0.926. The van der Waals surface area contributed by atoms with Gasteiger partial charge in [-0.1, -0.05) is 51.7 Å². The highest BCUT2D eigenvalue weighted by Crippen LogP contribution is 2.65. The number of allylic oxidation sites excluding steroid dienone is 2. The average Bonchev–Trinajstić information content (AvgIpc) is 3.05. The van der Waals surface area contributed by atoms with Crippen LogP contribution in [0.3, 0.4) is 0 Å². The highest BCUT2D eigenvalue weighted by atomic mass is 16.3. The quantitative estimate of drug-likeness (QED) is 0.497. The lowest BCUT2D eigenvalue weighted by atomic mass is 9.49. The van der Waals surface area contributed by atoms with E-state index in [9.17, 15) is 10.2 Å². The SMILES string of the molecule is C[C@H](CO)CCC[C@@H](C)[C@H]1CCC2=C3CC[C@H]4C[C@@H](O)CC[C@]4(C)[C@H]3CC[C@@]21C. The van der Waals surface area contributed by atoms with Crippen LogP contribution in [0.5, 0.6) is 0 Å². The van der Waals surface area contributed by atoms with E-state index in [4.69, 9.17) is 0 Å². The highest BCUT2D eigenvalue weighted by Gasteiger charge is 2.55. The number of hydrogen-bond acceptors (Lipinski definition) is 2. The molecule has 29 heavy (non-hydrogen) atoms. The van der Waals surface area contributed by atoms with E-state index in [2.05, 4.69) is 27.7 Å². The maximum Gasteiger partial charge on any atom is 0.0543 e. The Morgan fingerprint density at radius 1 is 1.00 bits per heavy atom. The van der Waals surface area contributed by atoms with Gasteiger partial charge in [0, 0.05) is 6.61 Å². The third kappa shape index (κ3) is 3.75. The van der Waals surface area contributed by atoms with Crippen LogP contribution in [0, 0.1) is 40.4 Å². The molecule has 0 aromatic heterocycles. The maximum atomic E-state index is 10.2. The minimum Gasteiger partial charge on any atom is -0.396 e. The molecule has 4 aliphatic carbocycles. The summed E-state index contributed by atoms with van der Waals surface area (Å²) in [4.78, 5) is 0. The van der Waals surface area contributed by atoms with Gasteiger partial charge in [-0.2, -0.15) is 0 Å². The summed E-state index contributed by atoms with van der Waals surface area (Å²) in [5, 5.41) is 19.6. The summed E-state index contributed by atoms with van der Waals surface area (Å²) in [5.41, 5.74) is 4.67. The van der Waals surface area contributed by atoms with Gasteiger partial charge in [-0.15, -0.1) is 0 Å². The van der Waals surface area contributed by atoms with Gasteiger partial charge in [-0.3, -0.25) is 0 Å². The average molecular weight is 403 g/mol. The Morgan fingerprint density at radius 2 is 1.79 bits per heavy atom. The lowest BCUT2D eigenvalue weighted by Crippen LogP contribution is -2.48. The summed E-state index contributed by atoms with van der Waals surface area (Å²) in [6, 6.07) is 0. The molecule has 0 bridgehead atoms. The summed E-state index contributed by atoms with van der Waals surface area (Å²) in [7, 11) is 0. The van der Waals surface area contributed by atoms with Crippen LogP contribution in [-0.2, 0) is 0 Å². The standard InChI is InChI=1S/C27H46O2/c1-18(17-28)6-5-7-19(2)23-10-11-24-22-9-8-20-16-21(29)12-14-26(20,3)25(22)13-15-27(23,24)4/h18-21,23,25,28-29H,5-17H2,1-4H3/t18-,19+,20-,21-,23+,25-,26-,27+/m0/s1. The van der Waals surface area contributed by atoms with E-state index in [1.54, 1.807) is 0 Å². The van der Waals surface area contributed by atoms with Crippen molar-refractivity contribution < 1.29 is 10.2 Å². The number of aliphatic hydroxyl groups is 2. The second kappa shape index (κ2) is 8.30.